The van der Waals surface area contributed by atoms with Crippen molar-refractivity contribution in [2.45, 2.75) is 45.7 Å². The summed E-state index contributed by atoms with van der Waals surface area (Å²) in [5, 5.41) is 2.85. The summed E-state index contributed by atoms with van der Waals surface area (Å²) >= 11 is 7.46. The smallest absolute Gasteiger partial charge is 0.245 e. The van der Waals surface area contributed by atoms with Gasteiger partial charge in [-0.05, 0) is 31.4 Å². The van der Waals surface area contributed by atoms with Gasteiger partial charge in [-0.25, -0.2) is 0 Å². The molecular formula is C15H21ClN2O2S. The van der Waals surface area contributed by atoms with Crippen molar-refractivity contribution in [3.63, 3.8) is 0 Å². The van der Waals surface area contributed by atoms with E-state index < -0.39 is 6.04 Å². The summed E-state index contributed by atoms with van der Waals surface area (Å²) in [5.41, 5.74) is 0. The fraction of sp³-hybridized carbons (Fsp3) is 0.600. The minimum Gasteiger partial charge on any atom is -0.344 e. The second-order valence-corrected chi connectivity index (χ2v) is 7.60. The Kier molecular flexibility index (Phi) is 5.27. The highest BCUT2D eigenvalue weighted by Crippen LogP contribution is 2.31. The number of halogens is 1. The second kappa shape index (κ2) is 6.79. The Bertz CT molecular complexity index is 529. The summed E-state index contributed by atoms with van der Waals surface area (Å²) < 4.78 is 0.715. The van der Waals surface area contributed by atoms with Crippen molar-refractivity contribution < 1.29 is 9.59 Å². The summed E-state index contributed by atoms with van der Waals surface area (Å²) in [4.78, 5) is 27.4. The Morgan fingerprint density at radius 2 is 2.10 bits per heavy atom. The summed E-state index contributed by atoms with van der Waals surface area (Å²) in [6, 6.07) is 3.31. The zero-order chi connectivity index (χ0) is 15.6. The van der Waals surface area contributed by atoms with Crippen LogP contribution in [0, 0.1) is 5.92 Å². The lowest BCUT2D eigenvalue weighted by Crippen LogP contribution is -2.46. The molecule has 0 saturated carbocycles. The molecule has 0 bridgehead atoms. The zero-order valence-corrected chi connectivity index (χ0v) is 14.1. The predicted molar refractivity (Wildman–Crippen MR) is 85.5 cm³/mol. The number of thiophene rings is 1. The fourth-order valence-electron chi connectivity index (χ4n) is 2.58. The number of amides is 2. The van der Waals surface area contributed by atoms with Crippen molar-refractivity contribution in [2.24, 2.45) is 5.92 Å². The Hall–Kier alpha value is -1.07. The van der Waals surface area contributed by atoms with E-state index in [2.05, 4.69) is 19.2 Å². The molecular weight excluding hydrogens is 308 g/mol. The quantitative estimate of drug-likeness (QED) is 0.922. The van der Waals surface area contributed by atoms with E-state index in [1.165, 1.54) is 11.3 Å². The van der Waals surface area contributed by atoms with Crippen molar-refractivity contribution in [3.8, 4) is 0 Å². The number of rotatable bonds is 4. The standard InChI is InChI=1S/C15H21ClN2O2S/c1-9(2)8-11-15(20)18(7-6-14(19)17-11)10(3)12-4-5-13(16)21-12/h4-5,9-11H,6-8H2,1-3H3,(H,17,19). The van der Waals surface area contributed by atoms with Crippen molar-refractivity contribution in [1.82, 2.24) is 10.2 Å². The van der Waals surface area contributed by atoms with E-state index in [1.807, 2.05) is 19.1 Å². The van der Waals surface area contributed by atoms with E-state index in [1.54, 1.807) is 4.90 Å². The van der Waals surface area contributed by atoms with Gasteiger partial charge in [0.15, 0.2) is 0 Å². The molecule has 1 aliphatic heterocycles. The van der Waals surface area contributed by atoms with Crippen molar-refractivity contribution in [3.05, 3.63) is 21.3 Å². The zero-order valence-electron chi connectivity index (χ0n) is 12.6. The molecule has 1 saturated heterocycles. The largest absolute Gasteiger partial charge is 0.344 e. The van der Waals surface area contributed by atoms with Crippen LogP contribution in [0.25, 0.3) is 0 Å². The van der Waals surface area contributed by atoms with Gasteiger partial charge in [0, 0.05) is 17.8 Å². The van der Waals surface area contributed by atoms with Crippen LogP contribution < -0.4 is 5.32 Å². The average molecular weight is 329 g/mol. The average Bonchev–Trinajstić information content (AvgIpc) is 2.78. The van der Waals surface area contributed by atoms with Crippen LogP contribution in [0.15, 0.2) is 12.1 Å². The van der Waals surface area contributed by atoms with Gasteiger partial charge in [-0.3, -0.25) is 9.59 Å². The third kappa shape index (κ3) is 3.98. The van der Waals surface area contributed by atoms with Gasteiger partial charge in [-0.15, -0.1) is 11.3 Å². The first-order valence-corrected chi connectivity index (χ1v) is 8.43. The maximum absolute atomic E-state index is 12.7. The van der Waals surface area contributed by atoms with Gasteiger partial charge in [0.05, 0.1) is 10.4 Å². The van der Waals surface area contributed by atoms with Crippen molar-refractivity contribution in [1.29, 1.82) is 0 Å². The second-order valence-electron chi connectivity index (χ2n) is 5.85. The summed E-state index contributed by atoms with van der Waals surface area (Å²) in [7, 11) is 0. The molecule has 1 aromatic rings. The van der Waals surface area contributed by atoms with E-state index in [0.717, 1.165) is 4.88 Å². The summed E-state index contributed by atoms with van der Waals surface area (Å²) in [5.74, 6) is 0.310. The monoisotopic (exact) mass is 328 g/mol. The summed E-state index contributed by atoms with van der Waals surface area (Å²) in [6.45, 7) is 6.55. The molecule has 1 N–H and O–H groups in total. The molecule has 1 aromatic heterocycles. The van der Waals surface area contributed by atoms with Gasteiger partial charge < -0.3 is 10.2 Å². The van der Waals surface area contributed by atoms with E-state index in [0.29, 0.717) is 29.6 Å². The third-order valence-corrected chi connectivity index (χ3v) is 5.08. The molecule has 0 aromatic carbocycles. The first kappa shape index (κ1) is 16.3. The lowest BCUT2D eigenvalue weighted by atomic mass is 10.0. The maximum Gasteiger partial charge on any atom is 0.245 e. The number of carbonyl (C=O) groups excluding carboxylic acids is 2. The van der Waals surface area contributed by atoms with Gasteiger partial charge in [-0.2, -0.15) is 0 Å². The van der Waals surface area contributed by atoms with Crippen LogP contribution in [-0.2, 0) is 9.59 Å². The van der Waals surface area contributed by atoms with Crippen LogP contribution in [0.4, 0.5) is 0 Å². The number of hydrogen-bond donors (Lipinski definition) is 1. The van der Waals surface area contributed by atoms with Crippen LogP contribution in [0.1, 0.15) is 44.5 Å². The van der Waals surface area contributed by atoms with E-state index >= 15 is 0 Å². The molecule has 0 spiro atoms. The van der Waals surface area contributed by atoms with Gasteiger partial charge in [-0.1, -0.05) is 25.4 Å². The van der Waals surface area contributed by atoms with Crippen molar-refractivity contribution in [2.75, 3.05) is 6.54 Å². The molecule has 2 atom stereocenters. The highest BCUT2D eigenvalue weighted by molar-refractivity contribution is 7.16. The molecule has 21 heavy (non-hydrogen) atoms. The topological polar surface area (TPSA) is 49.4 Å². The molecule has 2 heterocycles. The first-order chi connectivity index (χ1) is 9.88. The predicted octanol–water partition coefficient (Wildman–Crippen LogP) is 3.23. The number of nitrogens with zero attached hydrogens (tertiary/aromatic N) is 1. The first-order valence-electron chi connectivity index (χ1n) is 7.23. The van der Waals surface area contributed by atoms with Crippen LogP contribution in [-0.4, -0.2) is 29.3 Å². The molecule has 0 aliphatic carbocycles. The van der Waals surface area contributed by atoms with Gasteiger partial charge in [0.1, 0.15) is 6.04 Å². The minimum atomic E-state index is -0.419. The Morgan fingerprint density at radius 3 is 2.67 bits per heavy atom. The molecule has 4 nitrogen and oxygen atoms in total. The van der Waals surface area contributed by atoms with Crippen molar-refractivity contribution >= 4 is 34.8 Å². The molecule has 116 valence electrons. The summed E-state index contributed by atoms with van der Waals surface area (Å²) in [6.07, 6.45) is 1.02. The molecule has 0 radical (unpaired) electrons. The highest BCUT2D eigenvalue weighted by atomic mass is 35.5. The van der Waals surface area contributed by atoms with Gasteiger partial charge in [0.2, 0.25) is 11.8 Å². The number of hydrogen-bond acceptors (Lipinski definition) is 3. The molecule has 6 heteroatoms. The SMILES string of the molecule is CC(C)CC1NC(=O)CCN(C(C)c2ccc(Cl)s2)C1=O. The van der Waals surface area contributed by atoms with Crippen LogP contribution >= 0.6 is 22.9 Å². The van der Waals surface area contributed by atoms with Crippen LogP contribution in [0.2, 0.25) is 4.34 Å². The third-order valence-electron chi connectivity index (χ3n) is 3.68. The van der Waals surface area contributed by atoms with Crippen LogP contribution in [0.3, 0.4) is 0 Å². The molecule has 1 aliphatic rings. The molecule has 1 fully saturated rings. The fourth-order valence-corrected chi connectivity index (χ4v) is 3.71. The maximum atomic E-state index is 12.7. The Morgan fingerprint density at radius 1 is 1.38 bits per heavy atom. The van der Waals surface area contributed by atoms with Gasteiger partial charge in [0.25, 0.3) is 0 Å². The minimum absolute atomic E-state index is 0.00609. The van der Waals surface area contributed by atoms with E-state index in [-0.39, 0.29) is 17.9 Å². The molecule has 2 rings (SSSR count). The highest BCUT2D eigenvalue weighted by Gasteiger charge is 2.33. The Labute approximate surface area is 134 Å². The number of nitrogens with one attached hydrogen (secondary N) is 1. The van der Waals surface area contributed by atoms with Crippen LogP contribution in [0.5, 0.6) is 0 Å². The van der Waals surface area contributed by atoms with E-state index in [4.69, 9.17) is 11.6 Å². The normalized spacial score (nSPS) is 21.4. The number of carbonyl (C=O) groups is 2. The lowest BCUT2D eigenvalue weighted by Gasteiger charge is -2.30. The Balaban J connectivity index is 2.20. The molecule has 2 unspecified atom stereocenters. The lowest BCUT2D eigenvalue weighted by molar-refractivity contribution is -0.135. The van der Waals surface area contributed by atoms with E-state index in [9.17, 15) is 9.59 Å². The molecule has 2 amide bonds. The van der Waals surface area contributed by atoms with Gasteiger partial charge >= 0.3 is 0 Å².